The number of rotatable bonds is 2. The largest absolute Gasteiger partial charge is 0.379 e. The van der Waals surface area contributed by atoms with Crippen molar-refractivity contribution in [2.75, 3.05) is 44.3 Å². The summed E-state index contributed by atoms with van der Waals surface area (Å²) in [5.41, 5.74) is -0.000650. The van der Waals surface area contributed by atoms with Crippen molar-refractivity contribution in [2.24, 2.45) is 0 Å². The summed E-state index contributed by atoms with van der Waals surface area (Å²) >= 11 is 0. The van der Waals surface area contributed by atoms with Gasteiger partial charge in [0, 0.05) is 43.8 Å². The van der Waals surface area contributed by atoms with Gasteiger partial charge in [0.2, 0.25) is 0 Å². The number of anilines is 1. The van der Waals surface area contributed by atoms with Crippen molar-refractivity contribution in [3.63, 3.8) is 0 Å². The van der Waals surface area contributed by atoms with Crippen LogP contribution >= 0.6 is 0 Å². The first-order valence-electron chi connectivity index (χ1n) is 7.94. The van der Waals surface area contributed by atoms with E-state index in [0.29, 0.717) is 6.04 Å². The van der Waals surface area contributed by atoms with Gasteiger partial charge in [-0.05, 0) is 12.5 Å². The van der Waals surface area contributed by atoms with Gasteiger partial charge in [0.1, 0.15) is 11.6 Å². The summed E-state index contributed by atoms with van der Waals surface area (Å²) in [4.78, 5) is 14.2. The molecular formula is C16H26N4O. The van der Waals surface area contributed by atoms with E-state index in [9.17, 15) is 0 Å². The molecule has 1 unspecified atom stereocenters. The van der Waals surface area contributed by atoms with Gasteiger partial charge < -0.3 is 9.64 Å². The van der Waals surface area contributed by atoms with Crippen molar-refractivity contribution in [1.82, 2.24) is 14.9 Å². The maximum atomic E-state index is 5.45. The quantitative estimate of drug-likeness (QED) is 0.829. The number of hydrogen-bond acceptors (Lipinski definition) is 5. The predicted molar refractivity (Wildman–Crippen MR) is 83.7 cm³/mol. The zero-order valence-electron chi connectivity index (χ0n) is 13.4. The van der Waals surface area contributed by atoms with Crippen molar-refractivity contribution >= 4 is 5.82 Å². The Morgan fingerprint density at radius 2 is 1.95 bits per heavy atom. The maximum Gasteiger partial charge on any atom is 0.135 e. The maximum absolute atomic E-state index is 5.45. The summed E-state index contributed by atoms with van der Waals surface area (Å²) in [7, 11) is 0. The van der Waals surface area contributed by atoms with E-state index in [0.717, 1.165) is 51.0 Å². The van der Waals surface area contributed by atoms with E-state index in [2.05, 4.69) is 35.6 Å². The second-order valence-electron chi connectivity index (χ2n) is 7.03. The minimum atomic E-state index is -0.000650. The van der Waals surface area contributed by atoms with Gasteiger partial charge >= 0.3 is 0 Å². The highest BCUT2D eigenvalue weighted by atomic mass is 16.5. The average molecular weight is 290 g/mol. The van der Waals surface area contributed by atoms with E-state index in [-0.39, 0.29) is 5.41 Å². The molecule has 2 aliphatic rings. The van der Waals surface area contributed by atoms with Crippen LogP contribution in [0.5, 0.6) is 0 Å². The summed E-state index contributed by atoms with van der Waals surface area (Å²) in [6, 6.07) is 2.68. The summed E-state index contributed by atoms with van der Waals surface area (Å²) in [5, 5.41) is 0. The summed E-state index contributed by atoms with van der Waals surface area (Å²) in [5.74, 6) is 2.00. The topological polar surface area (TPSA) is 41.5 Å². The molecule has 2 aliphatic heterocycles. The molecule has 3 heterocycles. The van der Waals surface area contributed by atoms with E-state index in [1.165, 1.54) is 6.42 Å². The van der Waals surface area contributed by atoms with Crippen molar-refractivity contribution in [3.8, 4) is 0 Å². The first-order chi connectivity index (χ1) is 10.0. The zero-order chi connectivity index (χ0) is 14.9. The molecule has 0 saturated carbocycles. The molecule has 5 heteroatoms. The molecule has 5 nitrogen and oxygen atoms in total. The minimum absolute atomic E-state index is 0.000650. The third-order valence-electron chi connectivity index (χ3n) is 4.36. The van der Waals surface area contributed by atoms with Gasteiger partial charge in [-0.2, -0.15) is 0 Å². The summed E-state index contributed by atoms with van der Waals surface area (Å²) < 4.78 is 5.45. The van der Waals surface area contributed by atoms with Crippen molar-refractivity contribution in [1.29, 1.82) is 0 Å². The molecule has 0 aliphatic carbocycles. The van der Waals surface area contributed by atoms with Crippen molar-refractivity contribution in [3.05, 3.63) is 18.1 Å². The Balaban J connectivity index is 1.68. The van der Waals surface area contributed by atoms with E-state index in [4.69, 9.17) is 9.72 Å². The molecule has 1 aromatic heterocycles. The second kappa shape index (κ2) is 5.89. The smallest absolute Gasteiger partial charge is 0.135 e. The van der Waals surface area contributed by atoms with Crippen LogP contribution in [0.3, 0.4) is 0 Å². The van der Waals surface area contributed by atoms with E-state index >= 15 is 0 Å². The summed E-state index contributed by atoms with van der Waals surface area (Å²) in [6.07, 6.45) is 3.11. The molecule has 21 heavy (non-hydrogen) atoms. The lowest BCUT2D eigenvalue weighted by Crippen LogP contribution is -2.44. The van der Waals surface area contributed by atoms with Crippen LogP contribution in [-0.4, -0.2) is 60.3 Å². The number of aromatic nitrogens is 2. The fourth-order valence-corrected chi connectivity index (χ4v) is 3.08. The molecule has 2 saturated heterocycles. The lowest BCUT2D eigenvalue weighted by Gasteiger charge is -2.32. The van der Waals surface area contributed by atoms with E-state index < -0.39 is 0 Å². The SMILES string of the molecule is CC(C)(C)c1nccc(N2CCC(N3CCOCC3)C2)n1. The van der Waals surface area contributed by atoms with Gasteiger partial charge in [-0.3, -0.25) is 4.90 Å². The number of nitrogens with zero attached hydrogens (tertiary/aromatic N) is 4. The zero-order valence-corrected chi connectivity index (χ0v) is 13.4. The normalized spacial score (nSPS) is 24.5. The molecule has 0 radical (unpaired) electrons. The Morgan fingerprint density at radius 3 is 2.67 bits per heavy atom. The molecule has 0 spiro atoms. The highest BCUT2D eigenvalue weighted by Crippen LogP contribution is 2.24. The number of hydrogen-bond donors (Lipinski definition) is 0. The number of ether oxygens (including phenoxy) is 1. The molecule has 0 aromatic carbocycles. The molecule has 1 aromatic rings. The van der Waals surface area contributed by atoms with E-state index in [1.807, 2.05) is 12.3 Å². The monoisotopic (exact) mass is 290 g/mol. The first-order valence-corrected chi connectivity index (χ1v) is 7.94. The van der Waals surface area contributed by atoms with Crippen molar-refractivity contribution in [2.45, 2.75) is 38.6 Å². The van der Waals surface area contributed by atoms with Crippen LogP contribution in [0, 0.1) is 0 Å². The van der Waals surface area contributed by atoms with Gasteiger partial charge in [0.05, 0.1) is 13.2 Å². The lowest BCUT2D eigenvalue weighted by molar-refractivity contribution is 0.0209. The highest BCUT2D eigenvalue weighted by molar-refractivity contribution is 5.40. The van der Waals surface area contributed by atoms with E-state index in [1.54, 1.807) is 0 Å². The summed E-state index contributed by atoms with van der Waals surface area (Å²) in [6.45, 7) is 12.5. The van der Waals surface area contributed by atoms with Crippen LogP contribution in [0.15, 0.2) is 12.3 Å². The molecular weight excluding hydrogens is 264 g/mol. The van der Waals surface area contributed by atoms with Crippen LogP contribution in [0.25, 0.3) is 0 Å². The average Bonchev–Trinajstić information content (AvgIpc) is 2.97. The van der Waals surface area contributed by atoms with Gasteiger partial charge in [0.15, 0.2) is 0 Å². The lowest BCUT2D eigenvalue weighted by atomic mass is 9.96. The van der Waals surface area contributed by atoms with Crippen LogP contribution in [0.4, 0.5) is 5.82 Å². The fraction of sp³-hybridized carbons (Fsp3) is 0.750. The Labute approximate surface area is 127 Å². The van der Waals surface area contributed by atoms with Crippen molar-refractivity contribution < 1.29 is 4.74 Å². The van der Waals surface area contributed by atoms with Crippen LogP contribution in [-0.2, 0) is 10.2 Å². The Morgan fingerprint density at radius 1 is 1.19 bits per heavy atom. The highest BCUT2D eigenvalue weighted by Gasteiger charge is 2.30. The Kier molecular flexibility index (Phi) is 4.13. The number of morpholine rings is 1. The van der Waals surface area contributed by atoms with Gasteiger partial charge in [-0.1, -0.05) is 20.8 Å². The minimum Gasteiger partial charge on any atom is -0.379 e. The van der Waals surface area contributed by atoms with Crippen LogP contribution in [0.1, 0.15) is 33.0 Å². The van der Waals surface area contributed by atoms with Gasteiger partial charge in [-0.25, -0.2) is 9.97 Å². The molecule has 0 bridgehead atoms. The van der Waals surface area contributed by atoms with Crippen LogP contribution in [0.2, 0.25) is 0 Å². The second-order valence-corrected chi connectivity index (χ2v) is 7.03. The molecule has 0 N–H and O–H groups in total. The van der Waals surface area contributed by atoms with Crippen LogP contribution < -0.4 is 4.90 Å². The standard InChI is InChI=1S/C16H26N4O/c1-16(2,3)15-17-6-4-14(18-15)20-7-5-13(12-20)19-8-10-21-11-9-19/h4,6,13H,5,7-12H2,1-3H3. The third kappa shape index (κ3) is 3.35. The van der Waals surface area contributed by atoms with Gasteiger partial charge in [0.25, 0.3) is 0 Å². The van der Waals surface area contributed by atoms with Gasteiger partial charge in [-0.15, -0.1) is 0 Å². The Hall–Kier alpha value is -1.20. The Bertz CT molecular complexity index is 479. The molecule has 1 atom stereocenters. The first kappa shape index (κ1) is 14.7. The molecule has 3 rings (SSSR count). The molecule has 0 amide bonds. The predicted octanol–water partition coefficient (Wildman–Crippen LogP) is 1.68. The molecule has 2 fully saturated rings. The molecule has 116 valence electrons. The fourth-order valence-electron chi connectivity index (χ4n) is 3.08. The third-order valence-corrected chi connectivity index (χ3v) is 4.36.